The van der Waals surface area contributed by atoms with Gasteiger partial charge in [0.25, 0.3) is 0 Å². The molecule has 31 heavy (non-hydrogen) atoms. The zero-order valence-electron chi connectivity index (χ0n) is 17.8. The summed E-state index contributed by atoms with van der Waals surface area (Å²) >= 11 is 0. The van der Waals surface area contributed by atoms with Gasteiger partial charge in [0, 0.05) is 19.0 Å². The molecule has 1 saturated heterocycles. The number of benzene rings is 1. The van der Waals surface area contributed by atoms with Gasteiger partial charge >= 0.3 is 6.18 Å². The number of ether oxygens (including phenoxy) is 1. The van der Waals surface area contributed by atoms with Crippen molar-refractivity contribution in [3.8, 4) is 5.75 Å². The number of amides is 1. The van der Waals surface area contributed by atoms with Crippen LogP contribution in [-0.4, -0.2) is 41.9 Å². The van der Waals surface area contributed by atoms with Gasteiger partial charge in [-0.15, -0.1) is 0 Å². The summed E-state index contributed by atoms with van der Waals surface area (Å²) in [5.41, 5.74) is -1.54. The Bertz CT molecular complexity index is 779. The SMILES string of the molecule is CC(NC(=O)C1CCC2C(CCCC2Oc2ccc(C(F)(F)F)cc2)C1)C1(O)CNC1. The summed E-state index contributed by atoms with van der Waals surface area (Å²) in [5.74, 6) is 1.11. The smallest absolute Gasteiger partial charge is 0.416 e. The molecule has 1 aromatic carbocycles. The summed E-state index contributed by atoms with van der Waals surface area (Å²) in [7, 11) is 0. The number of fused-ring (bicyclic) bond motifs is 1. The van der Waals surface area contributed by atoms with Crippen molar-refractivity contribution in [2.45, 2.75) is 69.4 Å². The van der Waals surface area contributed by atoms with Crippen LogP contribution in [0, 0.1) is 17.8 Å². The highest BCUT2D eigenvalue weighted by atomic mass is 19.4. The first-order valence-corrected chi connectivity index (χ1v) is 11.2. The summed E-state index contributed by atoms with van der Waals surface area (Å²) < 4.78 is 44.4. The first-order chi connectivity index (χ1) is 14.7. The summed E-state index contributed by atoms with van der Waals surface area (Å²) in [6.45, 7) is 2.83. The zero-order valence-corrected chi connectivity index (χ0v) is 17.8. The molecule has 0 spiro atoms. The minimum Gasteiger partial charge on any atom is -0.490 e. The molecule has 5 atom stereocenters. The van der Waals surface area contributed by atoms with E-state index in [1.54, 1.807) is 0 Å². The van der Waals surface area contributed by atoms with Crippen LogP contribution < -0.4 is 15.4 Å². The second-order valence-corrected chi connectivity index (χ2v) is 9.48. The number of rotatable bonds is 5. The summed E-state index contributed by atoms with van der Waals surface area (Å²) in [6.07, 6.45) is 0.976. The van der Waals surface area contributed by atoms with Crippen LogP contribution in [-0.2, 0) is 11.0 Å². The second kappa shape index (κ2) is 8.62. The maximum absolute atomic E-state index is 12.8. The molecule has 1 aromatic rings. The molecule has 8 heteroatoms. The normalized spacial score (nSPS) is 31.1. The van der Waals surface area contributed by atoms with Crippen molar-refractivity contribution in [1.82, 2.24) is 10.6 Å². The maximum Gasteiger partial charge on any atom is 0.416 e. The second-order valence-electron chi connectivity index (χ2n) is 9.48. The van der Waals surface area contributed by atoms with E-state index in [2.05, 4.69) is 10.6 Å². The van der Waals surface area contributed by atoms with Crippen molar-refractivity contribution in [3.63, 3.8) is 0 Å². The van der Waals surface area contributed by atoms with Gasteiger partial charge in [0.05, 0.1) is 11.6 Å². The van der Waals surface area contributed by atoms with Gasteiger partial charge < -0.3 is 20.5 Å². The fourth-order valence-electron chi connectivity index (χ4n) is 5.34. The minimum atomic E-state index is -4.35. The molecule has 0 bridgehead atoms. The fourth-order valence-corrected chi connectivity index (χ4v) is 5.34. The number of alkyl halides is 3. The van der Waals surface area contributed by atoms with E-state index in [-0.39, 0.29) is 24.0 Å². The fraction of sp³-hybridized carbons (Fsp3) is 0.696. The van der Waals surface area contributed by atoms with Gasteiger partial charge in [-0.3, -0.25) is 4.79 Å². The lowest BCUT2D eigenvalue weighted by Crippen LogP contribution is -2.69. The van der Waals surface area contributed by atoms with Gasteiger partial charge in [-0.1, -0.05) is 0 Å². The number of hydrogen-bond donors (Lipinski definition) is 3. The van der Waals surface area contributed by atoms with Crippen LogP contribution in [0.25, 0.3) is 0 Å². The van der Waals surface area contributed by atoms with Crippen LogP contribution in [0.15, 0.2) is 24.3 Å². The lowest BCUT2D eigenvalue weighted by atomic mass is 9.66. The quantitative estimate of drug-likeness (QED) is 0.656. The zero-order chi connectivity index (χ0) is 22.2. The Morgan fingerprint density at radius 3 is 2.52 bits per heavy atom. The summed E-state index contributed by atoms with van der Waals surface area (Å²) in [6, 6.07) is 4.62. The van der Waals surface area contributed by atoms with Crippen molar-refractivity contribution < 1.29 is 27.8 Å². The number of aliphatic hydroxyl groups is 1. The van der Waals surface area contributed by atoms with Crippen molar-refractivity contribution in [2.75, 3.05) is 13.1 Å². The third kappa shape index (κ3) is 4.85. The Balaban J connectivity index is 1.33. The molecule has 4 rings (SSSR count). The molecule has 1 heterocycles. The third-order valence-corrected chi connectivity index (χ3v) is 7.45. The average molecular weight is 441 g/mol. The number of halogens is 3. The van der Waals surface area contributed by atoms with Gasteiger partial charge in [0.2, 0.25) is 5.91 Å². The topological polar surface area (TPSA) is 70.6 Å². The van der Waals surface area contributed by atoms with E-state index in [4.69, 9.17) is 4.74 Å². The predicted octanol–water partition coefficient (Wildman–Crippen LogP) is 3.51. The van der Waals surface area contributed by atoms with Crippen LogP contribution in [0.5, 0.6) is 5.75 Å². The lowest BCUT2D eigenvalue weighted by molar-refractivity contribution is -0.137. The molecule has 172 valence electrons. The first-order valence-electron chi connectivity index (χ1n) is 11.2. The van der Waals surface area contributed by atoms with E-state index in [1.807, 2.05) is 6.92 Å². The summed E-state index contributed by atoms with van der Waals surface area (Å²) in [4.78, 5) is 12.8. The van der Waals surface area contributed by atoms with E-state index in [1.165, 1.54) is 12.1 Å². The highest BCUT2D eigenvalue weighted by Gasteiger charge is 2.44. The van der Waals surface area contributed by atoms with Gasteiger partial charge in [-0.25, -0.2) is 0 Å². The minimum absolute atomic E-state index is 0.0112. The number of hydrogen-bond acceptors (Lipinski definition) is 4. The molecule has 0 aromatic heterocycles. The van der Waals surface area contributed by atoms with Crippen molar-refractivity contribution in [1.29, 1.82) is 0 Å². The maximum atomic E-state index is 12.8. The van der Waals surface area contributed by atoms with Gasteiger partial charge in [-0.2, -0.15) is 13.2 Å². The largest absolute Gasteiger partial charge is 0.490 e. The lowest BCUT2D eigenvalue weighted by Gasteiger charge is -2.45. The average Bonchev–Trinajstić information content (AvgIpc) is 2.71. The monoisotopic (exact) mass is 440 g/mol. The third-order valence-electron chi connectivity index (χ3n) is 7.45. The first kappa shape index (κ1) is 22.4. The molecule has 0 radical (unpaired) electrons. The molecular weight excluding hydrogens is 409 g/mol. The highest BCUT2D eigenvalue weighted by Crippen LogP contribution is 2.44. The van der Waals surface area contributed by atoms with E-state index >= 15 is 0 Å². The molecule has 1 aliphatic heterocycles. The van der Waals surface area contributed by atoms with Crippen LogP contribution in [0.2, 0.25) is 0 Å². The number of carbonyl (C=O) groups is 1. The number of β-amino-alcohol motifs (C(OH)–C–C–N with tert-alkyl or cyclic N) is 1. The van der Waals surface area contributed by atoms with Crippen LogP contribution in [0.4, 0.5) is 13.2 Å². The Kier molecular flexibility index (Phi) is 6.23. The Hall–Kier alpha value is -1.80. The molecule has 3 fully saturated rings. The molecule has 2 aliphatic carbocycles. The molecule has 2 saturated carbocycles. The van der Waals surface area contributed by atoms with E-state index in [0.717, 1.165) is 50.7 Å². The predicted molar refractivity (Wildman–Crippen MR) is 109 cm³/mol. The van der Waals surface area contributed by atoms with E-state index in [0.29, 0.717) is 30.7 Å². The molecule has 1 amide bonds. The van der Waals surface area contributed by atoms with Gasteiger partial charge in [0.15, 0.2) is 0 Å². The van der Waals surface area contributed by atoms with Crippen LogP contribution in [0.3, 0.4) is 0 Å². The Labute approximate surface area is 180 Å². The highest BCUT2D eigenvalue weighted by molar-refractivity contribution is 5.79. The standard InChI is InChI=1S/C23H31F3N2O3/c1-14(22(30)12-27-13-22)28-21(29)16-5-10-19-15(11-16)3-2-4-20(19)31-18-8-6-17(7-9-18)23(24,25)26/h6-9,14-16,19-20,27,30H,2-5,10-13H2,1H3,(H,28,29). The van der Waals surface area contributed by atoms with Crippen LogP contribution in [0.1, 0.15) is 51.0 Å². The van der Waals surface area contributed by atoms with Crippen molar-refractivity contribution in [2.24, 2.45) is 17.8 Å². The Morgan fingerprint density at radius 1 is 1.19 bits per heavy atom. The van der Waals surface area contributed by atoms with E-state index < -0.39 is 17.3 Å². The Morgan fingerprint density at radius 2 is 1.90 bits per heavy atom. The molecule has 3 N–H and O–H groups in total. The molecule has 5 nitrogen and oxygen atoms in total. The van der Waals surface area contributed by atoms with Crippen molar-refractivity contribution >= 4 is 5.91 Å². The number of carbonyl (C=O) groups excluding carboxylic acids is 1. The number of nitrogens with one attached hydrogen (secondary N) is 2. The van der Waals surface area contributed by atoms with Gasteiger partial charge in [0.1, 0.15) is 17.5 Å². The van der Waals surface area contributed by atoms with E-state index in [9.17, 15) is 23.1 Å². The van der Waals surface area contributed by atoms with Crippen molar-refractivity contribution in [3.05, 3.63) is 29.8 Å². The molecular formula is C23H31F3N2O3. The van der Waals surface area contributed by atoms with Gasteiger partial charge in [-0.05, 0) is 81.5 Å². The van der Waals surface area contributed by atoms with Crippen LogP contribution >= 0.6 is 0 Å². The summed E-state index contributed by atoms with van der Waals surface area (Å²) in [5, 5.41) is 16.4. The molecule has 3 aliphatic rings. The molecule has 5 unspecified atom stereocenters.